The third-order valence-electron chi connectivity index (χ3n) is 1.10. The van der Waals surface area contributed by atoms with Gasteiger partial charge in [0.05, 0.1) is 0 Å². The molecule has 0 heterocycles. The topological polar surface area (TPSA) is 23.6 Å². The first-order valence-corrected chi connectivity index (χ1v) is 4.20. The highest BCUT2D eigenvalue weighted by Crippen LogP contribution is 2.06. The zero-order valence-electron chi connectivity index (χ0n) is 6.76. The van der Waals surface area contributed by atoms with Crippen LogP contribution in [0.5, 0.6) is 0 Å². The molecule has 1 amide bonds. The molecule has 0 N–H and O–H groups in total. The molecule has 0 saturated carbocycles. The number of carbonyl (C=O) groups excluding carboxylic acids is 1. The number of hydrazine groups is 1. The molecule has 0 atom stereocenters. The Hall–Kier alpha value is 0.160. The molecular formula is C6H13IN2O. The van der Waals surface area contributed by atoms with E-state index in [4.69, 9.17) is 0 Å². The van der Waals surface area contributed by atoms with Gasteiger partial charge in [-0.05, 0) is 13.8 Å². The average molecular weight is 256 g/mol. The van der Waals surface area contributed by atoms with E-state index < -0.39 is 0 Å². The Bertz CT molecular complexity index is 117. The van der Waals surface area contributed by atoms with Gasteiger partial charge in [0.2, 0.25) is 0 Å². The lowest BCUT2D eigenvalue weighted by molar-refractivity contribution is 0.0534. The van der Waals surface area contributed by atoms with Crippen LogP contribution in [0.1, 0.15) is 13.8 Å². The van der Waals surface area contributed by atoms with Crippen molar-refractivity contribution in [3.63, 3.8) is 0 Å². The van der Waals surface area contributed by atoms with Gasteiger partial charge in [0.1, 0.15) is 0 Å². The van der Waals surface area contributed by atoms with E-state index >= 15 is 0 Å². The lowest BCUT2D eigenvalue weighted by Crippen LogP contribution is -2.43. The Balaban J connectivity index is 4.12. The summed E-state index contributed by atoms with van der Waals surface area (Å²) in [5, 5.41) is 3.47. The number of carbonyl (C=O) groups is 1. The van der Waals surface area contributed by atoms with Gasteiger partial charge >= 0.3 is 0 Å². The Morgan fingerprint density at radius 2 is 1.80 bits per heavy atom. The lowest BCUT2D eigenvalue weighted by Gasteiger charge is -2.30. The molecule has 0 fully saturated rings. The molecule has 0 radical (unpaired) electrons. The number of rotatable bonds is 2. The molecule has 4 heteroatoms. The van der Waals surface area contributed by atoms with Crippen molar-refractivity contribution in [2.75, 3.05) is 14.1 Å². The second-order valence-electron chi connectivity index (χ2n) is 2.54. The fourth-order valence-electron chi connectivity index (χ4n) is 0.822. The van der Waals surface area contributed by atoms with Crippen molar-refractivity contribution in [2.24, 2.45) is 0 Å². The van der Waals surface area contributed by atoms with E-state index in [1.807, 2.05) is 27.9 Å². The van der Waals surface area contributed by atoms with Gasteiger partial charge in [-0.1, -0.05) is 0 Å². The third kappa shape index (κ3) is 2.83. The molecule has 0 unspecified atom stereocenters. The van der Waals surface area contributed by atoms with Crippen LogP contribution >= 0.6 is 22.6 Å². The monoisotopic (exact) mass is 256 g/mol. The number of nitrogens with zero attached hydrogens (tertiary/aromatic N) is 2. The summed E-state index contributed by atoms with van der Waals surface area (Å²) < 4.78 is 0.0533. The molecule has 0 rings (SSSR count). The van der Waals surface area contributed by atoms with Crippen LogP contribution in [0.15, 0.2) is 0 Å². The first-order valence-electron chi connectivity index (χ1n) is 3.12. The predicted octanol–water partition coefficient (Wildman–Crippen LogP) is 1.73. The fourth-order valence-corrected chi connectivity index (χ4v) is 1.81. The van der Waals surface area contributed by atoms with Crippen molar-refractivity contribution in [3.05, 3.63) is 0 Å². The SMILES string of the molecule is CC(C)N(C(=O)I)N(C)C. The Morgan fingerprint density at radius 1 is 1.40 bits per heavy atom. The van der Waals surface area contributed by atoms with Gasteiger partial charge in [-0.25, -0.2) is 5.01 Å². The number of hydrogen-bond donors (Lipinski definition) is 0. The number of halogens is 1. The Morgan fingerprint density at radius 3 is 1.80 bits per heavy atom. The third-order valence-corrected chi connectivity index (χ3v) is 1.59. The van der Waals surface area contributed by atoms with Crippen molar-refractivity contribution >= 4 is 26.5 Å². The van der Waals surface area contributed by atoms with Gasteiger partial charge in [0, 0.05) is 42.7 Å². The van der Waals surface area contributed by atoms with Gasteiger partial charge in [-0.2, -0.15) is 0 Å². The Labute approximate surface area is 75.5 Å². The summed E-state index contributed by atoms with van der Waals surface area (Å²) in [6, 6.07) is 0.236. The predicted molar refractivity (Wildman–Crippen MR) is 50.1 cm³/mol. The molecule has 0 aromatic rings. The summed E-state index contributed by atoms with van der Waals surface area (Å²) in [5.41, 5.74) is 0. The highest BCUT2D eigenvalue weighted by atomic mass is 127. The van der Waals surface area contributed by atoms with Crippen molar-refractivity contribution < 1.29 is 4.79 Å². The van der Waals surface area contributed by atoms with Crippen molar-refractivity contribution in [3.8, 4) is 0 Å². The van der Waals surface area contributed by atoms with Crippen LogP contribution in [0.2, 0.25) is 0 Å². The summed E-state index contributed by atoms with van der Waals surface area (Å²) in [6.45, 7) is 3.97. The maximum absolute atomic E-state index is 10.9. The number of hydrogen-bond acceptors (Lipinski definition) is 2. The van der Waals surface area contributed by atoms with Gasteiger partial charge in [-0.3, -0.25) is 9.80 Å². The molecule has 0 aromatic carbocycles. The van der Waals surface area contributed by atoms with E-state index in [0.717, 1.165) is 0 Å². The summed E-state index contributed by atoms with van der Waals surface area (Å²) >= 11 is 1.78. The summed E-state index contributed by atoms with van der Waals surface area (Å²) in [7, 11) is 3.72. The highest BCUT2D eigenvalue weighted by molar-refractivity contribution is 14.1. The maximum atomic E-state index is 10.9. The van der Waals surface area contributed by atoms with Crippen LogP contribution in [0, 0.1) is 0 Å². The van der Waals surface area contributed by atoms with E-state index in [1.165, 1.54) is 0 Å². The molecular weight excluding hydrogens is 243 g/mol. The molecule has 60 valence electrons. The molecule has 0 aliphatic rings. The van der Waals surface area contributed by atoms with Crippen LogP contribution in [-0.4, -0.2) is 34.1 Å². The normalized spacial score (nSPS) is 10.7. The highest BCUT2D eigenvalue weighted by Gasteiger charge is 2.15. The van der Waals surface area contributed by atoms with E-state index in [1.54, 1.807) is 32.6 Å². The summed E-state index contributed by atoms with van der Waals surface area (Å²) in [6.07, 6.45) is 0. The summed E-state index contributed by atoms with van der Waals surface area (Å²) in [4.78, 5) is 10.9. The molecule has 0 aliphatic heterocycles. The van der Waals surface area contributed by atoms with Crippen LogP contribution in [0.25, 0.3) is 0 Å². The van der Waals surface area contributed by atoms with Gasteiger partial charge < -0.3 is 0 Å². The lowest BCUT2D eigenvalue weighted by atomic mass is 10.4. The number of amides is 1. The van der Waals surface area contributed by atoms with Crippen LogP contribution in [0.4, 0.5) is 4.79 Å². The molecule has 3 nitrogen and oxygen atoms in total. The molecule has 0 spiro atoms. The zero-order chi connectivity index (χ0) is 8.31. The van der Waals surface area contributed by atoms with Crippen molar-refractivity contribution in [2.45, 2.75) is 19.9 Å². The Kier molecular flexibility index (Phi) is 4.19. The van der Waals surface area contributed by atoms with Crippen LogP contribution < -0.4 is 0 Å². The molecule has 10 heavy (non-hydrogen) atoms. The fraction of sp³-hybridized carbons (Fsp3) is 0.833. The second kappa shape index (κ2) is 4.12. The van der Waals surface area contributed by atoms with Crippen molar-refractivity contribution in [1.29, 1.82) is 0 Å². The maximum Gasteiger partial charge on any atom is 0.297 e. The standard InChI is InChI=1S/C6H13IN2O/c1-5(2)9(6(7)10)8(3)4/h5H,1-4H3. The van der Waals surface area contributed by atoms with E-state index in [9.17, 15) is 4.79 Å². The largest absolute Gasteiger partial charge is 0.297 e. The van der Waals surface area contributed by atoms with Crippen LogP contribution in [0.3, 0.4) is 0 Å². The molecule has 0 saturated heterocycles. The van der Waals surface area contributed by atoms with Gasteiger partial charge in [0.25, 0.3) is 3.91 Å². The zero-order valence-corrected chi connectivity index (χ0v) is 8.92. The minimum atomic E-state index is 0.0533. The second-order valence-corrected chi connectivity index (χ2v) is 3.46. The van der Waals surface area contributed by atoms with E-state index in [0.29, 0.717) is 0 Å². The van der Waals surface area contributed by atoms with Gasteiger partial charge in [0.15, 0.2) is 0 Å². The molecule has 0 aromatic heterocycles. The molecule has 0 aliphatic carbocycles. The quantitative estimate of drug-likeness (QED) is 0.325. The minimum Gasteiger partial charge on any atom is -0.265 e. The van der Waals surface area contributed by atoms with Crippen LogP contribution in [-0.2, 0) is 0 Å². The smallest absolute Gasteiger partial charge is 0.265 e. The first-order chi connectivity index (χ1) is 4.46. The minimum absolute atomic E-state index is 0.0533. The summed E-state index contributed by atoms with van der Waals surface area (Å²) in [5.74, 6) is 0. The van der Waals surface area contributed by atoms with E-state index in [2.05, 4.69) is 0 Å². The van der Waals surface area contributed by atoms with Crippen molar-refractivity contribution in [1.82, 2.24) is 10.0 Å². The first kappa shape index (κ1) is 10.2. The van der Waals surface area contributed by atoms with Gasteiger partial charge in [-0.15, -0.1) is 0 Å². The molecule has 0 bridgehead atoms. The average Bonchev–Trinajstić information content (AvgIpc) is 1.59. The van der Waals surface area contributed by atoms with E-state index in [-0.39, 0.29) is 9.96 Å².